The first-order chi connectivity index (χ1) is 14.5. The molecular weight excluding hydrogens is 448 g/mol. The molecule has 0 radical (unpaired) electrons. The fourth-order valence-electron chi connectivity index (χ4n) is 3.65. The van der Waals surface area contributed by atoms with E-state index < -0.39 is 5.91 Å². The number of hydrogen-bond donors (Lipinski definition) is 1. The van der Waals surface area contributed by atoms with Gasteiger partial charge in [0.1, 0.15) is 5.58 Å². The molecule has 1 aliphatic rings. The van der Waals surface area contributed by atoms with Crippen molar-refractivity contribution in [1.29, 1.82) is 0 Å². The molecule has 0 saturated carbocycles. The molecule has 1 fully saturated rings. The van der Waals surface area contributed by atoms with E-state index in [0.29, 0.717) is 30.7 Å². The smallest absolute Gasteiger partial charge is 0.287 e. The van der Waals surface area contributed by atoms with Crippen LogP contribution in [0.15, 0.2) is 62.2 Å². The lowest BCUT2D eigenvalue weighted by Crippen LogP contribution is -2.43. The molecule has 0 aliphatic carbocycles. The van der Waals surface area contributed by atoms with Crippen molar-refractivity contribution in [3.63, 3.8) is 0 Å². The highest BCUT2D eigenvalue weighted by molar-refractivity contribution is 9.10. The van der Waals surface area contributed by atoms with E-state index in [0.717, 1.165) is 23.1 Å². The zero-order valence-corrected chi connectivity index (χ0v) is 18.3. The second-order valence-electron chi connectivity index (χ2n) is 7.40. The monoisotopic (exact) mass is 470 g/mol. The van der Waals surface area contributed by atoms with Gasteiger partial charge in [-0.25, -0.2) is 0 Å². The second kappa shape index (κ2) is 9.12. The van der Waals surface area contributed by atoms with Crippen LogP contribution in [0.3, 0.4) is 0 Å². The Labute approximate surface area is 183 Å². The Bertz CT molecular complexity index is 1100. The van der Waals surface area contributed by atoms with Gasteiger partial charge in [0.05, 0.1) is 24.6 Å². The standard InChI is InChI=1S/C23H23BrN2O4/c1-15-2-4-16(5-3-15)19(26-8-10-29-11-9-26)14-25-23(28)22-13-20(27)18-12-17(24)6-7-21(18)30-22/h2-7,12-13,19H,8-11,14H2,1H3,(H,25,28)/t19-/m0/s1. The molecule has 3 aromatic rings. The van der Waals surface area contributed by atoms with Crippen molar-refractivity contribution >= 4 is 32.8 Å². The number of benzene rings is 2. The van der Waals surface area contributed by atoms with Crippen LogP contribution < -0.4 is 10.7 Å². The third kappa shape index (κ3) is 4.64. The number of ether oxygens (including phenoxy) is 1. The summed E-state index contributed by atoms with van der Waals surface area (Å²) >= 11 is 3.35. The summed E-state index contributed by atoms with van der Waals surface area (Å²) in [5.41, 5.74) is 2.46. The van der Waals surface area contributed by atoms with Gasteiger partial charge < -0.3 is 14.5 Å². The van der Waals surface area contributed by atoms with Crippen LogP contribution in [-0.2, 0) is 4.74 Å². The number of fused-ring (bicyclic) bond motifs is 1. The lowest BCUT2D eigenvalue weighted by Gasteiger charge is -2.35. The van der Waals surface area contributed by atoms with Crippen molar-refractivity contribution in [2.45, 2.75) is 13.0 Å². The van der Waals surface area contributed by atoms with Crippen molar-refractivity contribution < 1.29 is 13.9 Å². The molecular formula is C23H23BrN2O4. The molecule has 1 atom stereocenters. The van der Waals surface area contributed by atoms with Gasteiger partial charge in [0.25, 0.3) is 5.91 Å². The molecule has 2 heterocycles. The van der Waals surface area contributed by atoms with E-state index in [2.05, 4.69) is 57.3 Å². The number of rotatable bonds is 5. The number of amides is 1. The normalized spacial score (nSPS) is 15.8. The van der Waals surface area contributed by atoms with E-state index in [1.165, 1.54) is 11.6 Å². The van der Waals surface area contributed by atoms with Gasteiger partial charge >= 0.3 is 0 Å². The highest BCUT2D eigenvalue weighted by Gasteiger charge is 2.24. The van der Waals surface area contributed by atoms with Crippen molar-refractivity contribution in [1.82, 2.24) is 10.2 Å². The average molecular weight is 471 g/mol. The van der Waals surface area contributed by atoms with Gasteiger partial charge in [-0.3, -0.25) is 14.5 Å². The van der Waals surface area contributed by atoms with Gasteiger partial charge in [0, 0.05) is 30.2 Å². The third-order valence-corrected chi connectivity index (χ3v) is 5.81. The topological polar surface area (TPSA) is 71.8 Å². The predicted molar refractivity (Wildman–Crippen MR) is 119 cm³/mol. The molecule has 6 nitrogen and oxygen atoms in total. The predicted octanol–water partition coefficient (Wildman–Crippen LogP) is 3.67. The van der Waals surface area contributed by atoms with Gasteiger partial charge in [0.2, 0.25) is 0 Å². The maximum Gasteiger partial charge on any atom is 0.287 e. The van der Waals surface area contributed by atoms with Gasteiger partial charge in [-0.15, -0.1) is 0 Å². The van der Waals surface area contributed by atoms with E-state index in [1.807, 2.05) is 0 Å². The first kappa shape index (κ1) is 20.8. The summed E-state index contributed by atoms with van der Waals surface area (Å²) in [6.45, 7) is 5.40. The highest BCUT2D eigenvalue weighted by Crippen LogP contribution is 2.22. The summed E-state index contributed by atoms with van der Waals surface area (Å²) in [6.07, 6.45) is 0. The number of morpholine rings is 1. The molecule has 4 rings (SSSR count). The van der Waals surface area contributed by atoms with Gasteiger partial charge in [-0.05, 0) is 30.7 Å². The number of nitrogens with zero attached hydrogens (tertiary/aromatic N) is 1. The molecule has 1 N–H and O–H groups in total. The van der Waals surface area contributed by atoms with Crippen LogP contribution in [0.1, 0.15) is 27.7 Å². The van der Waals surface area contributed by atoms with E-state index in [9.17, 15) is 9.59 Å². The number of halogens is 1. The van der Waals surface area contributed by atoms with Crippen molar-refractivity contribution in [2.24, 2.45) is 0 Å². The molecule has 0 spiro atoms. The molecule has 0 bridgehead atoms. The van der Waals surface area contributed by atoms with E-state index in [-0.39, 0.29) is 17.2 Å². The Morgan fingerprint density at radius 3 is 2.60 bits per heavy atom. The van der Waals surface area contributed by atoms with Crippen LogP contribution in [-0.4, -0.2) is 43.7 Å². The van der Waals surface area contributed by atoms with Crippen LogP contribution in [0.2, 0.25) is 0 Å². The Kier molecular flexibility index (Phi) is 6.32. The van der Waals surface area contributed by atoms with Gasteiger partial charge in [-0.1, -0.05) is 45.8 Å². The zero-order chi connectivity index (χ0) is 21.1. The number of aryl methyl sites for hydroxylation is 1. The third-order valence-electron chi connectivity index (χ3n) is 5.32. The SMILES string of the molecule is Cc1ccc([C@H](CNC(=O)c2cc(=O)c3cc(Br)ccc3o2)N2CCOCC2)cc1. The summed E-state index contributed by atoms with van der Waals surface area (Å²) in [5.74, 6) is -0.387. The summed E-state index contributed by atoms with van der Waals surface area (Å²) in [6, 6.07) is 14.7. The first-order valence-corrected chi connectivity index (χ1v) is 10.7. The minimum atomic E-state index is -0.401. The van der Waals surface area contributed by atoms with E-state index in [4.69, 9.17) is 9.15 Å². The number of carbonyl (C=O) groups excluding carboxylic acids is 1. The second-order valence-corrected chi connectivity index (χ2v) is 8.32. The summed E-state index contributed by atoms with van der Waals surface area (Å²) < 4.78 is 12.0. The fraction of sp³-hybridized carbons (Fsp3) is 0.304. The fourth-order valence-corrected chi connectivity index (χ4v) is 4.01. The highest BCUT2D eigenvalue weighted by atomic mass is 79.9. The Morgan fingerprint density at radius 2 is 1.87 bits per heavy atom. The molecule has 1 aliphatic heterocycles. The Hall–Kier alpha value is -2.48. The van der Waals surface area contributed by atoms with Crippen LogP contribution >= 0.6 is 15.9 Å². The largest absolute Gasteiger partial charge is 0.451 e. The van der Waals surface area contributed by atoms with Crippen LogP contribution in [0.5, 0.6) is 0 Å². The molecule has 0 unspecified atom stereocenters. The first-order valence-electron chi connectivity index (χ1n) is 9.91. The Morgan fingerprint density at radius 1 is 1.13 bits per heavy atom. The minimum Gasteiger partial charge on any atom is -0.451 e. The van der Waals surface area contributed by atoms with E-state index in [1.54, 1.807) is 18.2 Å². The van der Waals surface area contributed by atoms with Crippen molar-refractivity contribution in [3.05, 3.63) is 80.1 Å². The van der Waals surface area contributed by atoms with Crippen LogP contribution in [0.4, 0.5) is 0 Å². The Balaban J connectivity index is 1.55. The quantitative estimate of drug-likeness (QED) is 0.615. The maximum absolute atomic E-state index is 12.8. The molecule has 1 amide bonds. The van der Waals surface area contributed by atoms with Crippen LogP contribution in [0.25, 0.3) is 11.0 Å². The number of nitrogens with one attached hydrogen (secondary N) is 1. The lowest BCUT2D eigenvalue weighted by molar-refractivity contribution is 0.0161. The van der Waals surface area contributed by atoms with E-state index >= 15 is 0 Å². The summed E-state index contributed by atoms with van der Waals surface area (Å²) in [4.78, 5) is 27.5. The maximum atomic E-state index is 12.8. The van der Waals surface area contributed by atoms with Gasteiger partial charge in [-0.2, -0.15) is 0 Å². The minimum absolute atomic E-state index is 0.0134. The molecule has 1 saturated heterocycles. The molecule has 30 heavy (non-hydrogen) atoms. The van der Waals surface area contributed by atoms with Gasteiger partial charge in [0.15, 0.2) is 11.2 Å². The number of carbonyl (C=O) groups is 1. The van der Waals surface area contributed by atoms with Crippen LogP contribution in [0, 0.1) is 6.92 Å². The van der Waals surface area contributed by atoms with Crippen molar-refractivity contribution in [3.8, 4) is 0 Å². The molecule has 1 aromatic heterocycles. The molecule has 2 aromatic carbocycles. The lowest BCUT2D eigenvalue weighted by atomic mass is 10.0. The molecule has 156 valence electrons. The molecule has 7 heteroatoms. The summed E-state index contributed by atoms with van der Waals surface area (Å²) in [5, 5.41) is 3.39. The average Bonchev–Trinajstić information content (AvgIpc) is 2.76. The van der Waals surface area contributed by atoms with Crippen molar-refractivity contribution in [2.75, 3.05) is 32.8 Å². The zero-order valence-electron chi connectivity index (χ0n) is 16.7. The summed E-state index contributed by atoms with van der Waals surface area (Å²) in [7, 11) is 0. The number of hydrogen-bond acceptors (Lipinski definition) is 5.